The molecule has 0 aromatic heterocycles. The van der Waals surface area contributed by atoms with E-state index in [1.165, 1.54) is 0 Å². The summed E-state index contributed by atoms with van der Waals surface area (Å²) in [5.74, 6) is 0.546. The minimum absolute atomic E-state index is 0.0679. The number of hydrogen-bond donors (Lipinski definition) is 1. The molecule has 0 unspecified atom stereocenters. The summed E-state index contributed by atoms with van der Waals surface area (Å²) in [4.78, 5) is 11.3. The molecule has 4 heteroatoms. The highest BCUT2D eigenvalue weighted by Crippen LogP contribution is 2.35. The van der Waals surface area contributed by atoms with Crippen LogP contribution in [0.5, 0.6) is 5.75 Å². The Morgan fingerprint density at radius 3 is 2.83 bits per heavy atom. The molecule has 0 bridgehead atoms. The molecule has 3 rings (SSSR count). The van der Waals surface area contributed by atoms with Crippen molar-refractivity contribution >= 4 is 23.2 Å². The van der Waals surface area contributed by atoms with Crippen molar-refractivity contribution in [3.63, 3.8) is 0 Å². The van der Waals surface area contributed by atoms with Crippen LogP contribution in [0.1, 0.15) is 0 Å². The van der Waals surface area contributed by atoms with Crippen molar-refractivity contribution in [2.45, 2.75) is 0 Å². The maximum absolute atomic E-state index is 11.3. The van der Waals surface area contributed by atoms with Crippen molar-refractivity contribution in [3.8, 4) is 16.9 Å². The lowest BCUT2D eigenvalue weighted by atomic mass is 10.0. The number of anilines is 1. The minimum Gasteiger partial charge on any atom is -0.482 e. The van der Waals surface area contributed by atoms with Gasteiger partial charge >= 0.3 is 0 Å². The van der Waals surface area contributed by atoms with E-state index in [2.05, 4.69) is 5.32 Å². The third kappa shape index (κ3) is 1.93. The van der Waals surface area contributed by atoms with Crippen LogP contribution in [0.3, 0.4) is 0 Å². The summed E-state index contributed by atoms with van der Waals surface area (Å²) in [6.07, 6.45) is 0. The van der Waals surface area contributed by atoms with Crippen LogP contribution in [0.2, 0.25) is 5.02 Å². The second-order valence-corrected chi connectivity index (χ2v) is 4.43. The Kier molecular flexibility index (Phi) is 2.68. The first-order chi connectivity index (χ1) is 8.74. The summed E-state index contributed by atoms with van der Waals surface area (Å²) >= 11 is 6.15. The zero-order valence-corrected chi connectivity index (χ0v) is 10.2. The van der Waals surface area contributed by atoms with Crippen molar-refractivity contribution in [2.75, 3.05) is 11.9 Å². The summed E-state index contributed by atoms with van der Waals surface area (Å²) in [7, 11) is 0. The lowest BCUT2D eigenvalue weighted by molar-refractivity contribution is -0.118. The molecule has 1 N–H and O–H groups in total. The Labute approximate surface area is 109 Å². The summed E-state index contributed by atoms with van der Waals surface area (Å²) in [6.45, 7) is 0.0679. The molecule has 2 aromatic rings. The normalized spacial score (nSPS) is 13.5. The van der Waals surface area contributed by atoms with Crippen LogP contribution in [0, 0.1) is 0 Å². The Balaban J connectivity index is 2.07. The van der Waals surface area contributed by atoms with Gasteiger partial charge in [-0.25, -0.2) is 0 Å². The van der Waals surface area contributed by atoms with Gasteiger partial charge in [0.2, 0.25) is 0 Å². The van der Waals surface area contributed by atoms with Crippen molar-refractivity contribution in [1.82, 2.24) is 0 Å². The lowest BCUT2D eigenvalue weighted by Gasteiger charge is -2.18. The average molecular weight is 260 g/mol. The largest absolute Gasteiger partial charge is 0.482 e. The van der Waals surface area contributed by atoms with Gasteiger partial charge in [0.1, 0.15) is 5.75 Å². The van der Waals surface area contributed by atoms with Crippen LogP contribution in [-0.2, 0) is 4.79 Å². The van der Waals surface area contributed by atoms with Gasteiger partial charge in [0.05, 0.1) is 5.69 Å². The van der Waals surface area contributed by atoms with Gasteiger partial charge in [-0.2, -0.15) is 0 Å². The molecule has 2 aromatic carbocycles. The Hall–Kier alpha value is -2.00. The first-order valence-electron chi connectivity index (χ1n) is 5.55. The van der Waals surface area contributed by atoms with Crippen molar-refractivity contribution < 1.29 is 9.53 Å². The Morgan fingerprint density at radius 2 is 2.00 bits per heavy atom. The van der Waals surface area contributed by atoms with E-state index in [9.17, 15) is 4.79 Å². The predicted molar refractivity (Wildman–Crippen MR) is 71.0 cm³/mol. The van der Waals surface area contributed by atoms with E-state index in [1.807, 2.05) is 42.5 Å². The van der Waals surface area contributed by atoms with Gasteiger partial charge in [-0.15, -0.1) is 0 Å². The molecule has 0 aliphatic carbocycles. The summed E-state index contributed by atoms with van der Waals surface area (Å²) < 4.78 is 5.31. The third-order valence-electron chi connectivity index (χ3n) is 2.80. The molecule has 0 spiro atoms. The molecule has 0 saturated heterocycles. The molecule has 1 heterocycles. The fourth-order valence-electron chi connectivity index (χ4n) is 1.95. The van der Waals surface area contributed by atoms with E-state index < -0.39 is 0 Å². The number of halogens is 1. The number of amides is 1. The summed E-state index contributed by atoms with van der Waals surface area (Å²) in [6, 6.07) is 13.2. The van der Waals surface area contributed by atoms with Crippen molar-refractivity contribution in [1.29, 1.82) is 0 Å². The van der Waals surface area contributed by atoms with Crippen LogP contribution >= 0.6 is 11.6 Å². The van der Waals surface area contributed by atoms with Crippen molar-refractivity contribution in [3.05, 3.63) is 47.5 Å². The number of carbonyl (C=O) groups is 1. The van der Waals surface area contributed by atoms with Gasteiger partial charge in [0.15, 0.2) is 6.61 Å². The van der Waals surface area contributed by atoms with Crippen LogP contribution in [0.25, 0.3) is 11.1 Å². The molecule has 0 atom stereocenters. The number of rotatable bonds is 1. The molecule has 0 radical (unpaired) electrons. The maximum Gasteiger partial charge on any atom is 0.262 e. The predicted octanol–water partition coefficient (Wildman–Crippen LogP) is 3.34. The number of benzene rings is 2. The summed E-state index contributed by atoms with van der Waals surface area (Å²) in [5, 5.41) is 3.46. The van der Waals surface area contributed by atoms with Gasteiger partial charge < -0.3 is 10.1 Å². The highest BCUT2D eigenvalue weighted by atomic mass is 35.5. The molecular formula is C14H10ClNO2. The molecule has 90 valence electrons. The standard InChI is InChI=1S/C14H10ClNO2/c15-11-4-2-1-3-10(11)9-5-6-13-12(7-9)16-14(17)8-18-13/h1-7H,8H2,(H,16,17). The van der Waals surface area contributed by atoms with Crippen LogP contribution in [0.4, 0.5) is 5.69 Å². The van der Waals surface area contributed by atoms with Gasteiger partial charge in [0, 0.05) is 10.6 Å². The Morgan fingerprint density at radius 1 is 1.17 bits per heavy atom. The van der Waals surface area contributed by atoms with Crippen molar-refractivity contribution in [2.24, 2.45) is 0 Å². The Bertz CT molecular complexity index is 625. The van der Waals surface area contributed by atoms with Gasteiger partial charge in [-0.3, -0.25) is 4.79 Å². The molecule has 1 aliphatic heterocycles. The quantitative estimate of drug-likeness (QED) is 0.853. The SMILES string of the molecule is O=C1COc2ccc(-c3ccccc3Cl)cc2N1. The fourth-order valence-corrected chi connectivity index (χ4v) is 2.19. The second kappa shape index (κ2) is 4.35. The van der Waals surface area contributed by atoms with Crippen LogP contribution < -0.4 is 10.1 Å². The van der Waals surface area contributed by atoms with Crippen LogP contribution in [0.15, 0.2) is 42.5 Å². The van der Waals surface area contributed by atoms with E-state index in [0.717, 1.165) is 11.1 Å². The molecule has 1 aliphatic rings. The van der Waals surface area contributed by atoms with Gasteiger partial charge in [-0.1, -0.05) is 35.9 Å². The van der Waals surface area contributed by atoms with Gasteiger partial charge in [-0.05, 0) is 23.8 Å². The van der Waals surface area contributed by atoms with E-state index in [4.69, 9.17) is 16.3 Å². The average Bonchev–Trinajstić information content (AvgIpc) is 2.38. The molecule has 0 saturated carbocycles. The molecular weight excluding hydrogens is 250 g/mol. The van der Waals surface area contributed by atoms with E-state index in [-0.39, 0.29) is 12.5 Å². The first-order valence-corrected chi connectivity index (χ1v) is 5.93. The van der Waals surface area contributed by atoms with Gasteiger partial charge in [0.25, 0.3) is 5.91 Å². The fraction of sp³-hybridized carbons (Fsp3) is 0.0714. The maximum atomic E-state index is 11.3. The lowest BCUT2D eigenvalue weighted by Crippen LogP contribution is -2.25. The number of nitrogens with one attached hydrogen (secondary N) is 1. The monoisotopic (exact) mass is 259 g/mol. The second-order valence-electron chi connectivity index (χ2n) is 4.03. The zero-order valence-electron chi connectivity index (χ0n) is 9.44. The molecule has 1 amide bonds. The molecule has 18 heavy (non-hydrogen) atoms. The molecule has 3 nitrogen and oxygen atoms in total. The topological polar surface area (TPSA) is 38.3 Å². The first kappa shape index (κ1) is 11.1. The van der Waals surface area contributed by atoms with E-state index in [0.29, 0.717) is 16.5 Å². The summed E-state index contributed by atoms with van der Waals surface area (Å²) in [5.41, 5.74) is 2.57. The number of fused-ring (bicyclic) bond motifs is 1. The number of ether oxygens (including phenoxy) is 1. The minimum atomic E-state index is -0.140. The smallest absolute Gasteiger partial charge is 0.262 e. The molecule has 0 fully saturated rings. The van der Waals surface area contributed by atoms with E-state index in [1.54, 1.807) is 0 Å². The number of carbonyl (C=O) groups excluding carboxylic acids is 1. The number of hydrogen-bond acceptors (Lipinski definition) is 2. The van der Waals surface area contributed by atoms with Crippen LogP contribution in [-0.4, -0.2) is 12.5 Å². The zero-order chi connectivity index (χ0) is 12.5. The highest BCUT2D eigenvalue weighted by molar-refractivity contribution is 6.33. The van der Waals surface area contributed by atoms with E-state index >= 15 is 0 Å². The highest BCUT2D eigenvalue weighted by Gasteiger charge is 2.16. The third-order valence-corrected chi connectivity index (χ3v) is 3.13.